The van der Waals surface area contributed by atoms with Gasteiger partial charge >= 0.3 is 0 Å². The Labute approximate surface area is 110 Å². The summed E-state index contributed by atoms with van der Waals surface area (Å²) in [5.74, 6) is 1.08. The lowest BCUT2D eigenvalue weighted by Crippen LogP contribution is -2.29. The smallest absolute Gasteiger partial charge is 0.236 e. The van der Waals surface area contributed by atoms with Gasteiger partial charge < -0.3 is 9.64 Å². The number of carbonyl (C=O) groups is 1. The SMILES string of the molecule is COc1cccc(CCN2CCC(Br)C2=O)c1. The highest BCUT2D eigenvalue weighted by molar-refractivity contribution is 9.10. The highest BCUT2D eigenvalue weighted by Crippen LogP contribution is 2.19. The fourth-order valence-electron chi connectivity index (χ4n) is 2.01. The zero-order valence-corrected chi connectivity index (χ0v) is 11.4. The number of carbonyl (C=O) groups excluding carboxylic acids is 1. The second-order valence-electron chi connectivity index (χ2n) is 4.18. The van der Waals surface area contributed by atoms with Crippen LogP contribution in [0.3, 0.4) is 0 Å². The minimum atomic E-state index is 0.0211. The average Bonchev–Trinajstić information content (AvgIpc) is 2.68. The Kier molecular flexibility index (Phi) is 4.05. The van der Waals surface area contributed by atoms with Crippen LogP contribution in [-0.2, 0) is 11.2 Å². The fourth-order valence-corrected chi connectivity index (χ4v) is 2.51. The lowest BCUT2D eigenvalue weighted by molar-refractivity contribution is -0.127. The molecule has 3 nitrogen and oxygen atoms in total. The van der Waals surface area contributed by atoms with Crippen molar-refractivity contribution in [3.05, 3.63) is 29.8 Å². The second-order valence-corrected chi connectivity index (χ2v) is 5.29. The summed E-state index contributed by atoms with van der Waals surface area (Å²) in [4.78, 5) is 13.6. The number of halogens is 1. The van der Waals surface area contributed by atoms with Gasteiger partial charge in [0.15, 0.2) is 0 Å². The highest BCUT2D eigenvalue weighted by atomic mass is 79.9. The predicted octanol–water partition coefficient (Wildman–Crippen LogP) is 2.23. The summed E-state index contributed by atoms with van der Waals surface area (Å²) < 4.78 is 5.18. The average molecular weight is 298 g/mol. The number of hydrogen-bond donors (Lipinski definition) is 0. The van der Waals surface area contributed by atoms with Gasteiger partial charge in [-0.15, -0.1) is 0 Å². The van der Waals surface area contributed by atoms with Gasteiger partial charge in [0.05, 0.1) is 11.9 Å². The lowest BCUT2D eigenvalue weighted by Gasteiger charge is -2.15. The number of nitrogens with zero attached hydrogens (tertiary/aromatic N) is 1. The number of rotatable bonds is 4. The second kappa shape index (κ2) is 5.54. The molecule has 1 aliphatic heterocycles. The van der Waals surface area contributed by atoms with Gasteiger partial charge in [-0.05, 0) is 30.5 Å². The Morgan fingerprint density at radius 2 is 2.35 bits per heavy atom. The maximum Gasteiger partial charge on any atom is 0.236 e. The molecule has 0 aliphatic carbocycles. The van der Waals surface area contributed by atoms with E-state index in [1.54, 1.807) is 7.11 Å². The summed E-state index contributed by atoms with van der Waals surface area (Å²) in [7, 11) is 1.67. The zero-order chi connectivity index (χ0) is 12.3. The number of methoxy groups -OCH3 is 1. The first-order chi connectivity index (χ1) is 8.20. The van der Waals surface area contributed by atoms with E-state index in [0.717, 1.165) is 31.7 Å². The standard InChI is InChI=1S/C13H16BrNO2/c1-17-11-4-2-3-10(9-11)5-7-15-8-6-12(14)13(15)16/h2-4,9,12H,5-8H2,1H3. The summed E-state index contributed by atoms with van der Waals surface area (Å²) in [6.07, 6.45) is 1.79. The van der Waals surface area contributed by atoms with Gasteiger partial charge in [0.25, 0.3) is 0 Å². The van der Waals surface area contributed by atoms with Crippen LogP contribution in [-0.4, -0.2) is 35.8 Å². The van der Waals surface area contributed by atoms with Crippen molar-refractivity contribution >= 4 is 21.8 Å². The summed E-state index contributed by atoms with van der Waals surface area (Å²) in [6.45, 7) is 1.65. The Bertz CT molecular complexity index is 408. The van der Waals surface area contributed by atoms with Crippen molar-refractivity contribution in [2.24, 2.45) is 0 Å². The van der Waals surface area contributed by atoms with Gasteiger partial charge in [0.1, 0.15) is 5.75 Å². The number of likely N-dealkylation sites (tertiary alicyclic amines) is 1. The molecule has 1 saturated heterocycles. The van der Waals surface area contributed by atoms with Gasteiger partial charge in [0.2, 0.25) is 5.91 Å². The van der Waals surface area contributed by atoms with Crippen LogP contribution in [0.2, 0.25) is 0 Å². The molecule has 1 aliphatic rings. The molecule has 4 heteroatoms. The first kappa shape index (κ1) is 12.4. The van der Waals surface area contributed by atoms with Crippen LogP contribution in [0.15, 0.2) is 24.3 Å². The molecule has 0 aromatic heterocycles. The Hall–Kier alpha value is -1.03. The zero-order valence-electron chi connectivity index (χ0n) is 9.86. The van der Waals surface area contributed by atoms with Crippen LogP contribution in [0, 0.1) is 0 Å². The van der Waals surface area contributed by atoms with E-state index in [1.165, 1.54) is 5.56 Å². The van der Waals surface area contributed by atoms with E-state index in [2.05, 4.69) is 22.0 Å². The molecule has 1 fully saturated rings. The molecule has 0 bridgehead atoms. The van der Waals surface area contributed by atoms with Crippen molar-refractivity contribution < 1.29 is 9.53 Å². The maximum atomic E-state index is 11.7. The lowest BCUT2D eigenvalue weighted by atomic mass is 10.1. The number of hydrogen-bond acceptors (Lipinski definition) is 2. The van der Waals surface area contributed by atoms with Crippen LogP contribution >= 0.6 is 15.9 Å². The van der Waals surface area contributed by atoms with Crippen molar-refractivity contribution in [3.8, 4) is 5.75 Å². The first-order valence-electron chi connectivity index (χ1n) is 5.76. The van der Waals surface area contributed by atoms with Crippen LogP contribution < -0.4 is 4.74 Å². The molecule has 2 rings (SSSR count). The molecule has 1 aromatic rings. The molecular formula is C13H16BrNO2. The highest BCUT2D eigenvalue weighted by Gasteiger charge is 2.28. The normalized spacial score (nSPS) is 19.8. The number of alkyl halides is 1. The van der Waals surface area contributed by atoms with Crippen LogP contribution in [0.25, 0.3) is 0 Å². The monoisotopic (exact) mass is 297 g/mol. The van der Waals surface area contributed by atoms with Crippen molar-refractivity contribution in [2.75, 3.05) is 20.2 Å². The Morgan fingerprint density at radius 1 is 1.53 bits per heavy atom. The van der Waals surface area contributed by atoms with Gasteiger partial charge in [-0.3, -0.25) is 4.79 Å². The molecule has 1 aromatic carbocycles. The summed E-state index contributed by atoms with van der Waals surface area (Å²) in [5.41, 5.74) is 1.20. The van der Waals surface area contributed by atoms with E-state index in [1.807, 2.05) is 23.1 Å². The Morgan fingerprint density at radius 3 is 3.00 bits per heavy atom. The van der Waals surface area contributed by atoms with Gasteiger partial charge in [0, 0.05) is 13.1 Å². The summed E-state index contributed by atoms with van der Waals surface area (Å²) in [6, 6.07) is 7.99. The van der Waals surface area contributed by atoms with E-state index in [-0.39, 0.29) is 10.7 Å². The van der Waals surface area contributed by atoms with Crippen molar-refractivity contribution in [1.82, 2.24) is 4.90 Å². The molecule has 1 amide bonds. The van der Waals surface area contributed by atoms with Crippen molar-refractivity contribution in [3.63, 3.8) is 0 Å². The molecule has 92 valence electrons. The molecule has 17 heavy (non-hydrogen) atoms. The van der Waals surface area contributed by atoms with Gasteiger partial charge in [-0.25, -0.2) is 0 Å². The third-order valence-corrected chi connectivity index (χ3v) is 3.89. The Balaban J connectivity index is 1.91. The van der Waals surface area contributed by atoms with E-state index >= 15 is 0 Å². The first-order valence-corrected chi connectivity index (χ1v) is 6.68. The number of amides is 1. The quantitative estimate of drug-likeness (QED) is 0.798. The molecular weight excluding hydrogens is 282 g/mol. The molecule has 0 saturated carbocycles. The van der Waals surface area contributed by atoms with Crippen LogP contribution in [0.5, 0.6) is 5.75 Å². The van der Waals surface area contributed by atoms with Crippen molar-refractivity contribution in [2.45, 2.75) is 17.7 Å². The van der Waals surface area contributed by atoms with Crippen LogP contribution in [0.4, 0.5) is 0 Å². The van der Waals surface area contributed by atoms with Crippen molar-refractivity contribution in [1.29, 1.82) is 0 Å². The molecule has 1 heterocycles. The molecule has 0 radical (unpaired) electrons. The van der Waals surface area contributed by atoms with Gasteiger partial charge in [-0.1, -0.05) is 28.1 Å². The van der Waals surface area contributed by atoms with Gasteiger partial charge in [-0.2, -0.15) is 0 Å². The third kappa shape index (κ3) is 3.00. The van der Waals surface area contributed by atoms with E-state index < -0.39 is 0 Å². The topological polar surface area (TPSA) is 29.5 Å². The van der Waals surface area contributed by atoms with E-state index in [0.29, 0.717) is 0 Å². The fraction of sp³-hybridized carbons (Fsp3) is 0.462. The molecule has 0 N–H and O–H groups in total. The maximum absolute atomic E-state index is 11.7. The predicted molar refractivity (Wildman–Crippen MR) is 70.6 cm³/mol. The molecule has 1 atom stereocenters. The minimum Gasteiger partial charge on any atom is -0.497 e. The number of ether oxygens (including phenoxy) is 1. The largest absolute Gasteiger partial charge is 0.497 e. The summed E-state index contributed by atoms with van der Waals surface area (Å²) >= 11 is 3.38. The minimum absolute atomic E-state index is 0.0211. The van der Waals surface area contributed by atoms with E-state index in [4.69, 9.17) is 4.74 Å². The summed E-state index contributed by atoms with van der Waals surface area (Å²) in [5, 5.41) is 0. The number of benzene rings is 1. The molecule has 1 unspecified atom stereocenters. The third-order valence-electron chi connectivity index (χ3n) is 3.04. The van der Waals surface area contributed by atoms with E-state index in [9.17, 15) is 4.79 Å². The van der Waals surface area contributed by atoms with Crippen LogP contribution in [0.1, 0.15) is 12.0 Å². The molecule has 0 spiro atoms.